The van der Waals surface area contributed by atoms with Crippen LogP contribution in [-0.2, 0) is 4.79 Å². The van der Waals surface area contributed by atoms with Crippen LogP contribution >= 0.6 is 11.3 Å². The smallest absolute Gasteiger partial charge is 0.242 e. The summed E-state index contributed by atoms with van der Waals surface area (Å²) in [6.07, 6.45) is 5.34. The highest BCUT2D eigenvalue weighted by atomic mass is 32.1. The van der Waals surface area contributed by atoms with E-state index in [2.05, 4.69) is 16.2 Å². The first-order valence-corrected chi connectivity index (χ1v) is 5.92. The second-order valence-electron chi connectivity index (χ2n) is 3.54. The molecule has 0 radical (unpaired) electrons. The number of amides is 1. The van der Waals surface area contributed by atoms with Crippen molar-refractivity contribution in [3.63, 3.8) is 0 Å². The van der Waals surface area contributed by atoms with Gasteiger partial charge in [0.05, 0.1) is 21.8 Å². The van der Waals surface area contributed by atoms with E-state index in [9.17, 15) is 4.79 Å². The van der Waals surface area contributed by atoms with Crippen LogP contribution in [0.5, 0.6) is 0 Å². The molecule has 5 heteroatoms. The molecule has 3 N–H and O–H groups in total. The minimum absolute atomic E-state index is 0.231. The fraction of sp³-hybridized carbons (Fsp3) is 0.167. The van der Waals surface area contributed by atoms with Crippen molar-refractivity contribution in [3.8, 4) is 12.3 Å². The van der Waals surface area contributed by atoms with Crippen LogP contribution in [0, 0.1) is 12.3 Å². The summed E-state index contributed by atoms with van der Waals surface area (Å²) in [5.41, 5.74) is 8.99. The molecule has 0 saturated heterocycles. The van der Waals surface area contributed by atoms with E-state index in [-0.39, 0.29) is 12.3 Å². The molecule has 0 aliphatic heterocycles. The standard InChI is InChI=1S/C12H11N3OS/c1-2-3-9(13)12(16)15-8-4-5-10-11(6-8)17-7-14-10/h1,4-7,9H,3,13H2,(H,15,16). The van der Waals surface area contributed by atoms with Crippen LogP contribution in [-0.4, -0.2) is 16.9 Å². The van der Waals surface area contributed by atoms with Crippen molar-refractivity contribution in [1.82, 2.24) is 4.98 Å². The molecule has 1 aromatic carbocycles. The summed E-state index contributed by atoms with van der Waals surface area (Å²) >= 11 is 1.52. The van der Waals surface area contributed by atoms with E-state index in [1.807, 2.05) is 12.1 Å². The van der Waals surface area contributed by atoms with Gasteiger partial charge < -0.3 is 11.1 Å². The number of nitrogens with two attached hydrogens (primary N) is 1. The zero-order valence-corrected chi connectivity index (χ0v) is 9.83. The second-order valence-corrected chi connectivity index (χ2v) is 4.43. The van der Waals surface area contributed by atoms with Crippen molar-refractivity contribution in [2.24, 2.45) is 5.73 Å². The first-order chi connectivity index (χ1) is 8.20. The summed E-state index contributed by atoms with van der Waals surface area (Å²) in [5.74, 6) is 2.09. The molecule has 2 rings (SSSR count). The lowest BCUT2D eigenvalue weighted by molar-refractivity contribution is -0.117. The maximum absolute atomic E-state index is 11.6. The Morgan fingerprint density at radius 2 is 2.47 bits per heavy atom. The third-order valence-electron chi connectivity index (χ3n) is 2.27. The average molecular weight is 245 g/mol. The predicted molar refractivity (Wildman–Crippen MR) is 69.7 cm³/mol. The number of rotatable bonds is 3. The van der Waals surface area contributed by atoms with Crippen LogP contribution in [0.4, 0.5) is 5.69 Å². The number of nitrogens with zero attached hydrogens (tertiary/aromatic N) is 1. The maximum Gasteiger partial charge on any atom is 0.242 e. The van der Waals surface area contributed by atoms with E-state index in [4.69, 9.17) is 12.2 Å². The summed E-state index contributed by atoms with van der Waals surface area (Å²) in [7, 11) is 0. The Morgan fingerprint density at radius 3 is 3.24 bits per heavy atom. The van der Waals surface area contributed by atoms with Gasteiger partial charge in [-0.25, -0.2) is 4.98 Å². The number of benzene rings is 1. The van der Waals surface area contributed by atoms with Crippen LogP contribution in [0.2, 0.25) is 0 Å². The summed E-state index contributed by atoms with van der Waals surface area (Å²) in [4.78, 5) is 15.8. The van der Waals surface area contributed by atoms with Crippen LogP contribution in [0.3, 0.4) is 0 Å². The third-order valence-corrected chi connectivity index (χ3v) is 3.07. The van der Waals surface area contributed by atoms with Gasteiger partial charge in [-0.2, -0.15) is 0 Å². The number of nitrogens with one attached hydrogen (secondary N) is 1. The molecule has 2 aromatic rings. The topological polar surface area (TPSA) is 68.0 Å². The van der Waals surface area contributed by atoms with Crippen LogP contribution in [0.15, 0.2) is 23.7 Å². The van der Waals surface area contributed by atoms with Crippen LogP contribution < -0.4 is 11.1 Å². The highest BCUT2D eigenvalue weighted by molar-refractivity contribution is 7.16. The Balaban J connectivity index is 2.13. The number of carbonyl (C=O) groups is 1. The summed E-state index contributed by atoms with van der Waals surface area (Å²) in [6.45, 7) is 0. The zero-order chi connectivity index (χ0) is 12.3. The molecule has 1 atom stereocenters. The number of hydrogen-bond acceptors (Lipinski definition) is 4. The first-order valence-electron chi connectivity index (χ1n) is 5.04. The Labute approximate surface area is 103 Å². The summed E-state index contributed by atoms with van der Waals surface area (Å²) < 4.78 is 1.02. The van der Waals surface area contributed by atoms with E-state index < -0.39 is 6.04 Å². The molecule has 1 unspecified atom stereocenters. The predicted octanol–water partition coefficient (Wildman–Crippen LogP) is 1.59. The van der Waals surface area contributed by atoms with Gasteiger partial charge in [0.15, 0.2) is 0 Å². The van der Waals surface area contributed by atoms with Gasteiger partial charge in [-0.1, -0.05) is 0 Å². The van der Waals surface area contributed by atoms with Gasteiger partial charge in [0.1, 0.15) is 0 Å². The molecule has 0 saturated carbocycles. The first kappa shape index (κ1) is 11.6. The lowest BCUT2D eigenvalue weighted by Crippen LogP contribution is -2.35. The van der Waals surface area contributed by atoms with Gasteiger partial charge in [-0.15, -0.1) is 23.7 Å². The molecule has 0 aliphatic rings. The lowest BCUT2D eigenvalue weighted by atomic mass is 10.2. The molecular weight excluding hydrogens is 234 g/mol. The summed E-state index contributed by atoms with van der Waals surface area (Å²) in [6, 6.07) is 4.85. The average Bonchev–Trinajstić information content (AvgIpc) is 2.76. The van der Waals surface area contributed by atoms with Gasteiger partial charge >= 0.3 is 0 Å². The van der Waals surface area contributed by atoms with E-state index in [0.717, 1.165) is 10.2 Å². The van der Waals surface area contributed by atoms with Gasteiger partial charge in [0.25, 0.3) is 0 Å². The van der Waals surface area contributed by atoms with Crippen LogP contribution in [0.25, 0.3) is 10.2 Å². The molecule has 86 valence electrons. The number of fused-ring (bicyclic) bond motifs is 1. The van der Waals surface area contributed by atoms with E-state index in [1.54, 1.807) is 11.6 Å². The van der Waals surface area contributed by atoms with Crippen molar-refractivity contribution >= 4 is 33.1 Å². The second kappa shape index (κ2) is 4.95. The number of terminal acetylenes is 1. The highest BCUT2D eigenvalue weighted by Gasteiger charge is 2.12. The zero-order valence-electron chi connectivity index (χ0n) is 9.01. The van der Waals surface area contributed by atoms with Gasteiger partial charge in [-0.3, -0.25) is 4.79 Å². The third kappa shape index (κ3) is 2.61. The van der Waals surface area contributed by atoms with Crippen molar-refractivity contribution in [2.45, 2.75) is 12.5 Å². The number of hydrogen-bond donors (Lipinski definition) is 2. The monoisotopic (exact) mass is 245 g/mol. The molecule has 0 fully saturated rings. The largest absolute Gasteiger partial charge is 0.325 e. The normalized spacial score (nSPS) is 12.0. The molecule has 0 bridgehead atoms. The van der Waals surface area contributed by atoms with Gasteiger partial charge in [-0.05, 0) is 18.2 Å². The molecule has 17 heavy (non-hydrogen) atoms. The van der Waals surface area contributed by atoms with Crippen molar-refractivity contribution in [1.29, 1.82) is 0 Å². The van der Waals surface area contributed by atoms with E-state index in [0.29, 0.717) is 5.69 Å². The molecule has 0 spiro atoms. The van der Waals surface area contributed by atoms with Gasteiger partial charge in [0, 0.05) is 12.1 Å². The Bertz CT molecular complexity index is 585. The van der Waals surface area contributed by atoms with E-state index in [1.165, 1.54) is 11.3 Å². The van der Waals surface area contributed by atoms with Crippen molar-refractivity contribution in [2.75, 3.05) is 5.32 Å². The van der Waals surface area contributed by atoms with E-state index >= 15 is 0 Å². The fourth-order valence-corrected chi connectivity index (χ4v) is 2.10. The van der Waals surface area contributed by atoms with Crippen molar-refractivity contribution < 1.29 is 4.79 Å². The van der Waals surface area contributed by atoms with Crippen LogP contribution in [0.1, 0.15) is 6.42 Å². The summed E-state index contributed by atoms with van der Waals surface area (Å²) in [5, 5.41) is 2.73. The van der Waals surface area contributed by atoms with Crippen molar-refractivity contribution in [3.05, 3.63) is 23.7 Å². The molecule has 1 amide bonds. The molecule has 4 nitrogen and oxygen atoms in total. The lowest BCUT2D eigenvalue weighted by Gasteiger charge is -2.09. The number of aromatic nitrogens is 1. The molecule has 1 heterocycles. The number of carbonyl (C=O) groups excluding carboxylic acids is 1. The SMILES string of the molecule is C#CCC(N)C(=O)Nc1ccc2ncsc2c1. The maximum atomic E-state index is 11.6. The minimum Gasteiger partial charge on any atom is -0.325 e. The van der Waals surface area contributed by atoms with Gasteiger partial charge in [0.2, 0.25) is 5.91 Å². The number of thiazole rings is 1. The minimum atomic E-state index is -0.669. The number of anilines is 1. The molecular formula is C12H11N3OS. The Kier molecular flexibility index (Phi) is 3.38. The highest BCUT2D eigenvalue weighted by Crippen LogP contribution is 2.21. The Morgan fingerprint density at radius 1 is 1.65 bits per heavy atom. The molecule has 0 aliphatic carbocycles. The quantitative estimate of drug-likeness (QED) is 0.807. The molecule has 1 aromatic heterocycles. The fourth-order valence-electron chi connectivity index (χ4n) is 1.39. The Hall–Kier alpha value is -1.90.